The van der Waals surface area contributed by atoms with E-state index in [-0.39, 0.29) is 29.9 Å². The summed E-state index contributed by atoms with van der Waals surface area (Å²) in [6.07, 6.45) is -1.07. The number of nitrogens with zero attached hydrogens (tertiary/aromatic N) is 4. The predicted octanol–water partition coefficient (Wildman–Crippen LogP) is 2.59. The lowest BCUT2D eigenvalue weighted by molar-refractivity contribution is -0.141. The largest absolute Gasteiger partial charge is 0.433 e. The van der Waals surface area contributed by atoms with Crippen LogP contribution in [0.2, 0.25) is 0 Å². The Labute approximate surface area is 156 Å². The quantitative estimate of drug-likeness (QED) is 0.308. The highest BCUT2D eigenvalue weighted by Gasteiger charge is 2.32. The molecule has 2 rings (SSSR count). The Bertz CT molecular complexity index is 531. The first-order valence-corrected chi connectivity index (χ1v) is 7.68. The fourth-order valence-corrected chi connectivity index (χ4v) is 2.29. The van der Waals surface area contributed by atoms with E-state index >= 15 is 0 Å². The summed E-state index contributed by atoms with van der Waals surface area (Å²) >= 11 is 0. The molecule has 0 aromatic carbocycles. The first kappa shape index (κ1) is 20.7. The van der Waals surface area contributed by atoms with Crippen molar-refractivity contribution in [3.63, 3.8) is 0 Å². The average Bonchev–Trinajstić information content (AvgIpc) is 3.04. The number of guanidine groups is 1. The Morgan fingerprint density at radius 2 is 2.04 bits per heavy atom. The van der Waals surface area contributed by atoms with Crippen molar-refractivity contribution in [2.24, 2.45) is 4.99 Å². The molecule has 2 N–H and O–H groups in total. The van der Waals surface area contributed by atoms with E-state index in [4.69, 9.17) is 0 Å². The molecule has 0 spiro atoms. The number of halogens is 4. The van der Waals surface area contributed by atoms with Crippen LogP contribution in [0, 0.1) is 0 Å². The first-order valence-electron chi connectivity index (χ1n) is 7.68. The third-order valence-electron chi connectivity index (χ3n) is 3.34. The van der Waals surface area contributed by atoms with Gasteiger partial charge in [0.2, 0.25) is 5.95 Å². The lowest BCUT2D eigenvalue weighted by atomic mass is 10.4. The van der Waals surface area contributed by atoms with E-state index in [1.54, 1.807) is 0 Å². The monoisotopic (exact) mass is 458 g/mol. The van der Waals surface area contributed by atoms with E-state index in [0.29, 0.717) is 13.1 Å². The molecule has 1 aromatic heterocycles. The lowest BCUT2D eigenvalue weighted by Crippen LogP contribution is -2.39. The molecule has 6 nitrogen and oxygen atoms in total. The van der Waals surface area contributed by atoms with E-state index in [0.717, 1.165) is 50.7 Å². The highest BCUT2D eigenvalue weighted by Crippen LogP contribution is 2.27. The molecule has 1 saturated heterocycles. The standard InChI is InChI=1S/C14H21F3N6.HI/c1-2-18-13(23-9-3-4-10-23)21-8-7-20-12-19-6-5-11(22-12)14(15,16)17;/h5-6H,2-4,7-10H2,1H3,(H,18,21)(H,19,20,22);1H. The fourth-order valence-electron chi connectivity index (χ4n) is 2.29. The molecule has 136 valence electrons. The van der Waals surface area contributed by atoms with Crippen LogP contribution in [0.15, 0.2) is 17.3 Å². The number of alkyl halides is 3. The molecule has 1 aromatic rings. The molecule has 0 atom stereocenters. The summed E-state index contributed by atoms with van der Waals surface area (Å²) in [6.45, 7) is 5.54. The van der Waals surface area contributed by atoms with Gasteiger partial charge in [0, 0.05) is 32.4 Å². The van der Waals surface area contributed by atoms with Gasteiger partial charge in [0.15, 0.2) is 5.96 Å². The third kappa shape index (κ3) is 6.29. The number of nitrogens with one attached hydrogen (secondary N) is 2. The van der Waals surface area contributed by atoms with Crippen molar-refractivity contribution < 1.29 is 13.2 Å². The van der Waals surface area contributed by atoms with Gasteiger partial charge in [0.05, 0.1) is 6.54 Å². The zero-order valence-corrected chi connectivity index (χ0v) is 15.8. The van der Waals surface area contributed by atoms with E-state index < -0.39 is 11.9 Å². The Hall–Kier alpha value is -1.33. The van der Waals surface area contributed by atoms with Gasteiger partial charge >= 0.3 is 6.18 Å². The smallest absolute Gasteiger partial charge is 0.357 e. The van der Waals surface area contributed by atoms with Crippen LogP contribution in [0.3, 0.4) is 0 Å². The number of likely N-dealkylation sites (tertiary alicyclic amines) is 1. The maximum Gasteiger partial charge on any atom is 0.433 e. The predicted molar refractivity (Wildman–Crippen MR) is 97.7 cm³/mol. The molecule has 1 aliphatic heterocycles. The van der Waals surface area contributed by atoms with E-state index in [2.05, 4.69) is 30.5 Å². The van der Waals surface area contributed by atoms with Crippen molar-refractivity contribution in [2.45, 2.75) is 25.9 Å². The van der Waals surface area contributed by atoms with Crippen LogP contribution in [0.1, 0.15) is 25.5 Å². The Morgan fingerprint density at radius 1 is 1.33 bits per heavy atom. The number of hydrogen-bond donors (Lipinski definition) is 2. The normalized spacial score (nSPS) is 15.2. The van der Waals surface area contributed by atoms with Crippen molar-refractivity contribution in [2.75, 3.05) is 38.0 Å². The van der Waals surface area contributed by atoms with Crippen LogP contribution in [-0.2, 0) is 6.18 Å². The minimum absolute atomic E-state index is 0. The second-order valence-electron chi connectivity index (χ2n) is 5.12. The molecule has 2 heterocycles. The summed E-state index contributed by atoms with van der Waals surface area (Å²) in [5.74, 6) is 0.804. The van der Waals surface area contributed by atoms with Gasteiger partial charge in [-0.2, -0.15) is 13.2 Å². The number of hydrogen-bond acceptors (Lipinski definition) is 4. The van der Waals surface area contributed by atoms with Crippen LogP contribution in [0.4, 0.5) is 19.1 Å². The molecule has 0 aliphatic carbocycles. The number of rotatable bonds is 5. The minimum Gasteiger partial charge on any atom is -0.357 e. The van der Waals surface area contributed by atoms with E-state index in [9.17, 15) is 13.2 Å². The Morgan fingerprint density at radius 3 is 2.67 bits per heavy atom. The minimum atomic E-state index is -4.47. The molecular formula is C14H22F3IN6. The molecule has 1 aliphatic rings. The summed E-state index contributed by atoms with van der Waals surface area (Å²) in [5.41, 5.74) is -0.955. The highest BCUT2D eigenvalue weighted by atomic mass is 127. The molecule has 0 amide bonds. The van der Waals surface area contributed by atoms with E-state index in [1.165, 1.54) is 0 Å². The van der Waals surface area contributed by atoms with Crippen molar-refractivity contribution in [3.05, 3.63) is 18.0 Å². The molecule has 0 unspecified atom stereocenters. The van der Waals surface area contributed by atoms with Crippen LogP contribution in [-0.4, -0.2) is 53.6 Å². The van der Waals surface area contributed by atoms with Gasteiger partial charge in [-0.3, -0.25) is 4.99 Å². The Kier molecular flexibility index (Phi) is 8.50. The van der Waals surface area contributed by atoms with Crippen molar-refractivity contribution in [3.8, 4) is 0 Å². The van der Waals surface area contributed by atoms with Crippen LogP contribution < -0.4 is 10.6 Å². The molecule has 24 heavy (non-hydrogen) atoms. The number of aliphatic imine (C=N–C) groups is 1. The maximum atomic E-state index is 12.6. The third-order valence-corrected chi connectivity index (χ3v) is 3.34. The van der Waals surface area contributed by atoms with Gasteiger partial charge in [-0.25, -0.2) is 9.97 Å². The summed E-state index contributed by atoms with van der Waals surface area (Å²) < 4.78 is 37.7. The summed E-state index contributed by atoms with van der Waals surface area (Å²) in [7, 11) is 0. The lowest BCUT2D eigenvalue weighted by Gasteiger charge is -2.20. The second-order valence-corrected chi connectivity index (χ2v) is 5.12. The summed E-state index contributed by atoms with van der Waals surface area (Å²) in [5, 5.41) is 5.99. The topological polar surface area (TPSA) is 65.4 Å². The fraction of sp³-hybridized carbons (Fsp3) is 0.643. The number of aromatic nitrogens is 2. The van der Waals surface area contributed by atoms with Crippen LogP contribution in [0.5, 0.6) is 0 Å². The number of anilines is 1. The maximum absolute atomic E-state index is 12.6. The van der Waals surface area contributed by atoms with Crippen molar-refractivity contribution >= 4 is 35.9 Å². The van der Waals surface area contributed by atoms with Crippen molar-refractivity contribution in [1.82, 2.24) is 20.2 Å². The first-order chi connectivity index (χ1) is 11.0. The molecule has 0 saturated carbocycles. The highest BCUT2D eigenvalue weighted by molar-refractivity contribution is 14.0. The molecular weight excluding hydrogens is 436 g/mol. The average molecular weight is 458 g/mol. The molecule has 0 bridgehead atoms. The zero-order chi connectivity index (χ0) is 16.7. The van der Waals surface area contributed by atoms with Crippen LogP contribution in [0.25, 0.3) is 0 Å². The SMILES string of the molecule is CCNC(=NCCNc1nccc(C(F)(F)F)n1)N1CCCC1.I. The molecule has 0 radical (unpaired) electrons. The van der Waals surface area contributed by atoms with Crippen molar-refractivity contribution in [1.29, 1.82) is 0 Å². The summed E-state index contributed by atoms with van der Waals surface area (Å²) in [4.78, 5) is 13.9. The van der Waals surface area contributed by atoms with Gasteiger partial charge in [0.1, 0.15) is 5.69 Å². The second kappa shape index (κ2) is 9.84. The zero-order valence-electron chi connectivity index (χ0n) is 13.4. The van der Waals surface area contributed by atoms with E-state index in [1.807, 2.05) is 6.92 Å². The summed E-state index contributed by atoms with van der Waals surface area (Å²) in [6, 6.07) is 0.847. The van der Waals surface area contributed by atoms with Gasteiger partial charge < -0.3 is 15.5 Å². The Balaban J connectivity index is 0.00000288. The van der Waals surface area contributed by atoms with Gasteiger partial charge in [-0.1, -0.05) is 0 Å². The van der Waals surface area contributed by atoms with Gasteiger partial charge in [0.25, 0.3) is 0 Å². The van der Waals surface area contributed by atoms with Gasteiger partial charge in [-0.05, 0) is 25.8 Å². The molecule has 1 fully saturated rings. The van der Waals surface area contributed by atoms with Crippen LogP contribution >= 0.6 is 24.0 Å². The van der Waals surface area contributed by atoms with Gasteiger partial charge in [-0.15, -0.1) is 24.0 Å². The molecule has 10 heteroatoms.